The number of rotatable bonds is 10. The van der Waals surface area contributed by atoms with Crippen LogP contribution in [0.4, 0.5) is 0 Å². The molecule has 0 fully saturated rings. The molecule has 1 unspecified atom stereocenters. The van der Waals surface area contributed by atoms with Crippen LogP contribution in [0.5, 0.6) is 0 Å². The molecule has 0 saturated heterocycles. The summed E-state index contributed by atoms with van der Waals surface area (Å²) in [6.07, 6.45) is 5.27. The third-order valence-electron chi connectivity index (χ3n) is 4.53. The number of benzene rings is 1. The zero-order valence-electron chi connectivity index (χ0n) is 16.2. The molecule has 4 heteroatoms. The molecule has 0 amide bonds. The van der Waals surface area contributed by atoms with Gasteiger partial charge in [0.15, 0.2) is 0 Å². The normalized spacial score (nSPS) is 12.2. The summed E-state index contributed by atoms with van der Waals surface area (Å²) in [6.45, 7) is 10.3. The number of aryl methyl sites for hydroxylation is 2. The van der Waals surface area contributed by atoms with E-state index in [1.54, 1.807) is 12.1 Å². The van der Waals surface area contributed by atoms with Gasteiger partial charge in [-0.1, -0.05) is 40.5 Å². The number of carbonyl (C=O) groups excluding carboxylic acids is 1. The highest BCUT2D eigenvalue weighted by molar-refractivity contribution is 6.02. The maximum atomic E-state index is 12.7. The number of esters is 1. The Labute approximate surface area is 151 Å². The quantitative estimate of drug-likeness (QED) is 0.574. The number of unbranched alkanes of at least 4 members (excludes halogenated alkanes) is 1. The molecule has 0 bridgehead atoms. The highest BCUT2D eigenvalue weighted by Crippen LogP contribution is 2.22. The van der Waals surface area contributed by atoms with E-state index >= 15 is 0 Å². The van der Waals surface area contributed by atoms with Gasteiger partial charge in [-0.05, 0) is 61.8 Å². The SMILES string of the molecule is CCCCC(CCC(C)C)OC(=O)c1cc(CC)c(C)cc1C(=O)O. The highest BCUT2D eigenvalue weighted by Gasteiger charge is 2.23. The van der Waals surface area contributed by atoms with Crippen molar-refractivity contribution in [2.75, 3.05) is 0 Å². The van der Waals surface area contributed by atoms with Crippen molar-refractivity contribution in [1.29, 1.82) is 0 Å². The Morgan fingerprint density at radius 1 is 1.08 bits per heavy atom. The Bertz CT molecular complexity index is 590. The summed E-state index contributed by atoms with van der Waals surface area (Å²) in [7, 11) is 0. The first-order valence-electron chi connectivity index (χ1n) is 9.37. The number of ether oxygens (including phenoxy) is 1. The largest absolute Gasteiger partial charge is 0.478 e. The molecule has 0 aliphatic rings. The molecule has 0 radical (unpaired) electrons. The number of carbonyl (C=O) groups is 2. The van der Waals surface area contributed by atoms with E-state index in [9.17, 15) is 14.7 Å². The number of hydrogen-bond donors (Lipinski definition) is 1. The van der Waals surface area contributed by atoms with Crippen LogP contribution in [0.1, 0.15) is 91.6 Å². The Morgan fingerprint density at radius 3 is 2.28 bits per heavy atom. The van der Waals surface area contributed by atoms with Crippen molar-refractivity contribution in [2.45, 2.75) is 79.2 Å². The number of carboxylic acids is 1. The van der Waals surface area contributed by atoms with Crippen LogP contribution in [0.25, 0.3) is 0 Å². The Kier molecular flexibility index (Phi) is 8.67. The predicted molar refractivity (Wildman–Crippen MR) is 100 cm³/mol. The van der Waals surface area contributed by atoms with Crippen molar-refractivity contribution < 1.29 is 19.4 Å². The van der Waals surface area contributed by atoms with Gasteiger partial charge in [0.25, 0.3) is 0 Å². The van der Waals surface area contributed by atoms with Gasteiger partial charge in [0.05, 0.1) is 11.1 Å². The van der Waals surface area contributed by atoms with Crippen molar-refractivity contribution in [3.05, 3.63) is 34.4 Å². The summed E-state index contributed by atoms with van der Waals surface area (Å²) < 4.78 is 5.72. The average molecular weight is 348 g/mol. The first-order valence-corrected chi connectivity index (χ1v) is 9.37. The third-order valence-corrected chi connectivity index (χ3v) is 4.53. The molecule has 4 nitrogen and oxygen atoms in total. The minimum Gasteiger partial charge on any atom is -0.478 e. The second-order valence-corrected chi connectivity index (χ2v) is 7.12. The van der Waals surface area contributed by atoms with Crippen molar-refractivity contribution >= 4 is 11.9 Å². The summed E-state index contributed by atoms with van der Waals surface area (Å²) in [5.74, 6) is -1.06. The van der Waals surface area contributed by atoms with Gasteiger partial charge in [0, 0.05) is 0 Å². The van der Waals surface area contributed by atoms with Gasteiger partial charge < -0.3 is 9.84 Å². The molecule has 0 spiro atoms. The van der Waals surface area contributed by atoms with E-state index in [1.165, 1.54) is 0 Å². The summed E-state index contributed by atoms with van der Waals surface area (Å²) in [5, 5.41) is 9.45. The lowest BCUT2D eigenvalue weighted by molar-refractivity contribution is 0.0238. The van der Waals surface area contributed by atoms with E-state index in [-0.39, 0.29) is 17.2 Å². The Morgan fingerprint density at radius 2 is 1.76 bits per heavy atom. The Hall–Kier alpha value is -1.84. The molecule has 1 aromatic rings. The molecule has 0 aromatic heterocycles. The average Bonchev–Trinajstić information content (AvgIpc) is 2.56. The first kappa shape index (κ1) is 21.2. The molecule has 0 saturated carbocycles. The predicted octanol–water partition coefficient (Wildman–Crippen LogP) is 5.41. The number of aromatic carboxylic acids is 1. The first-order chi connectivity index (χ1) is 11.8. The zero-order valence-corrected chi connectivity index (χ0v) is 16.2. The van der Waals surface area contributed by atoms with E-state index in [0.29, 0.717) is 5.92 Å². The molecule has 140 valence electrons. The molecule has 25 heavy (non-hydrogen) atoms. The summed E-state index contributed by atoms with van der Waals surface area (Å²) in [4.78, 5) is 24.2. The fourth-order valence-corrected chi connectivity index (χ4v) is 2.91. The molecular weight excluding hydrogens is 316 g/mol. The van der Waals surface area contributed by atoms with E-state index in [2.05, 4.69) is 20.8 Å². The van der Waals surface area contributed by atoms with Crippen LogP contribution in [-0.2, 0) is 11.2 Å². The van der Waals surface area contributed by atoms with Gasteiger partial charge in [0.1, 0.15) is 6.10 Å². The highest BCUT2D eigenvalue weighted by atomic mass is 16.5. The molecule has 1 atom stereocenters. The van der Waals surface area contributed by atoms with Crippen LogP contribution in [0, 0.1) is 12.8 Å². The third kappa shape index (κ3) is 6.52. The van der Waals surface area contributed by atoms with Gasteiger partial charge in [-0.2, -0.15) is 0 Å². The summed E-state index contributed by atoms with van der Waals surface area (Å²) in [6, 6.07) is 3.26. The van der Waals surface area contributed by atoms with Crippen LogP contribution < -0.4 is 0 Å². The monoisotopic (exact) mass is 348 g/mol. The van der Waals surface area contributed by atoms with Gasteiger partial charge in [-0.15, -0.1) is 0 Å². The van der Waals surface area contributed by atoms with Crippen molar-refractivity contribution in [3.8, 4) is 0 Å². The van der Waals surface area contributed by atoms with Crippen LogP contribution in [0.3, 0.4) is 0 Å². The molecule has 1 N–H and O–H groups in total. The molecule has 1 aromatic carbocycles. The van der Waals surface area contributed by atoms with Crippen LogP contribution >= 0.6 is 0 Å². The summed E-state index contributed by atoms with van der Waals surface area (Å²) >= 11 is 0. The van der Waals surface area contributed by atoms with Gasteiger partial charge in [-0.25, -0.2) is 9.59 Å². The van der Waals surface area contributed by atoms with Crippen molar-refractivity contribution in [3.63, 3.8) is 0 Å². The lowest BCUT2D eigenvalue weighted by Gasteiger charge is -2.20. The molecule has 0 aliphatic carbocycles. The van der Waals surface area contributed by atoms with Gasteiger partial charge in [-0.3, -0.25) is 0 Å². The number of carboxylic acid groups (broad SMARTS) is 1. The van der Waals surface area contributed by atoms with E-state index in [4.69, 9.17) is 4.74 Å². The van der Waals surface area contributed by atoms with Gasteiger partial charge in [0.2, 0.25) is 0 Å². The second-order valence-electron chi connectivity index (χ2n) is 7.12. The zero-order chi connectivity index (χ0) is 19.0. The maximum absolute atomic E-state index is 12.7. The van der Waals surface area contributed by atoms with Crippen molar-refractivity contribution in [1.82, 2.24) is 0 Å². The molecule has 1 rings (SSSR count). The smallest absolute Gasteiger partial charge is 0.339 e. The Balaban J connectivity index is 3.03. The number of hydrogen-bond acceptors (Lipinski definition) is 3. The van der Waals surface area contributed by atoms with E-state index < -0.39 is 11.9 Å². The standard InChI is InChI=1S/C21H32O4/c1-6-8-9-17(11-10-14(3)4)25-21(24)19-13-16(7-2)15(5)12-18(19)20(22)23/h12-14,17H,6-11H2,1-5H3,(H,22,23). The maximum Gasteiger partial charge on any atom is 0.339 e. The molecule has 0 heterocycles. The fraction of sp³-hybridized carbons (Fsp3) is 0.619. The van der Waals surface area contributed by atoms with Crippen molar-refractivity contribution in [2.24, 2.45) is 5.92 Å². The van der Waals surface area contributed by atoms with Crippen LogP contribution in [-0.4, -0.2) is 23.1 Å². The minimum atomic E-state index is -1.09. The second kappa shape index (κ2) is 10.2. The fourth-order valence-electron chi connectivity index (χ4n) is 2.91. The summed E-state index contributed by atoms with van der Waals surface area (Å²) in [5.41, 5.74) is 2.06. The van der Waals surface area contributed by atoms with E-state index in [0.717, 1.165) is 49.7 Å². The topological polar surface area (TPSA) is 63.6 Å². The molecule has 0 aliphatic heterocycles. The minimum absolute atomic E-state index is 0.0257. The lowest BCUT2D eigenvalue weighted by atomic mass is 9.97. The van der Waals surface area contributed by atoms with Crippen LogP contribution in [0.2, 0.25) is 0 Å². The van der Waals surface area contributed by atoms with Crippen LogP contribution in [0.15, 0.2) is 12.1 Å². The van der Waals surface area contributed by atoms with Gasteiger partial charge >= 0.3 is 11.9 Å². The van der Waals surface area contributed by atoms with E-state index in [1.807, 2.05) is 13.8 Å². The molecular formula is C21H32O4. The lowest BCUT2D eigenvalue weighted by Crippen LogP contribution is -2.21.